The summed E-state index contributed by atoms with van der Waals surface area (Å²) >= 11 is 1.52. The van der Waals surface area contributed by atoms with Crippen molar-refractivity contribution in [3.05, 3.63) is 30.1 Å². The first-order chi connectivity index (χ1) is 9.69. The number of halogens is 1. The lowest BCUT2D eigenvalue weighted by molar-refractivity contribution is -0.118. The fourth-order valence-corrected chi connectivity index (χ4v) is 2.31. The second kappa shape index (κ2) is 7.45. The van der Waals surface area contributed by atoms with Gasteiger partial charge in [-0.25, -0.2) is 4.39 Å². The van der Waals surface area contributed by atoms with Gasteiger partial charge in [0.1, 0.15) is 5.82 Å². The number of benzene rings is 1. The SMILES string of the molecule is CC(C)(C)SCC(=O)N(CCC(N)=O)c1ccc(F)cc1. The molecule has 0 heterocycles. The van der Waals surface area contributed by atoms with Gasteiger partial charge in [-0.3, -0.25) is 9.59 Å². The van der Waals surface area contributed by atoms with Crippen LogP contribution in [0.25, 0.3) is 0 Å². The van der Waals surface area contributed by atoms with Crippen molar-refractivity contribution in [2.45, 2.75) is 31.9 Å². The molecule has 2 N–H and O–H groups in total. The maximum absolute atomic E-state index is 13.0. The van der Waals surface area contributed by atoms with Gasteiger partial charge >= 0.3 is 0 Å². The minimum atomic E-state index is -0.474. The molecule has 0 bridgehead atoms. The predicted molar refractivity (Wildman–Crippen MR) is 84.8 cm³/mol. The van der Waals surface area contributed by atoms with E-state index in [4.69, 9.17) is 5.73 Å². The van der Waals surface area contributed by atoms with E-state index in [0.717, 1.165) is 0 Å². The Morgan fingerprint density at radius 2 is 1.81 bits per heavy atom. The van der Waals surface area contributed by atoms with Gasteiger partial charge in [-0.15, -0.1) is 11.8 Å². The van der Waals surface area contributed by atoms with Gasteiger partial charge in [0, 0.05) is 23.4 Å². The van der Waals surface area contributed by atoms with Crippen molar-refractivity contribution in [2.75, 3.05) is 17.2 Å². The molecule has 0 atom stereocenters. The number of nitrogens with zero attached hydrogens (tertiary/aromatic N) is 1. The lowest BCUT2D eigenvalue weighted by atomic mass is 10.2. The number of amides is 2. The molecule has 4 nitrogen and oxygen atoms in total. The number of hydrogen-bond donors (Lipinski definition) is 1. The number of hydrogen-bond acceptors (Lipinski definition) is 3. The van der Waals surface area contributed by atoms with Crippen LogP contribution in [0.3, 0.4) is 0 Å². The zero-order valence-electron chi connectivity index (χ0n) is 12.6. The summed E-state index contributed by atoms with van der Waals surface area (Å²) < 4.78 is 13.0. The van der Waals surface area contributed by atoms with Crippen LogP contribution in [0.5, 0.6) is 0 Å². The average Bonchev–Trinajstić information content (AvgIpc) is 2.37. The molecule has 0 aliphatic rings. The molecule has 1 aromatic carbocycles. The Morgan fingerprint density at radius 1 is 1.24 bits per heavy atom. The summed E-state index contributed by atoms with van der Waals surface area (Å²) in [5.41, 5.74) is 5.71. The average molecular weight is 312 g/mol. The second-order valence-electron chi connectivity index (χ2n) is 5.64. The summed E-state index contributed by atoms with van der Waals surface area (Å²) in [4.78, 5) is 24.8. The highest BCUT2D eigenvalue weighted by molar-refractivity contribution is 8.01. The van der Waals surface area contributed by atoms with E-state index in [1.807, 2.05) is 20.8 Å². The molecule has 2 amide bonds. The van der Waals surface area contributed by atoms with Crippen molar-refractivity contribution < 1.29 is 14.0 Å². The quantitative estimate of drug-likeness (QED) is 0.878. The van der Waals surface area contributed by atoms with E-state index < -0.39 is 5.91 Å². The van der Waals surface area contributed by atoms with Gasteiger partial charge in [-0.2, -0.15) is 0 Å². The van der Waals surface area contributed by atoms with Crippen molar-refractivity contribution >= 4 is 29.3 Å². The molecule has 0 aliphatic carbocycles. The van der Waals surface area contributed by atoms with Gasteiger partial charge in [0.2, 0.25) is 11.8 Å². The van der Waals surface area contributed by atoms with E-state index in [2.05, 4.69) is 0 Å². The minimum absolute atomic E-state index is 0.0339. The van der Waals surface area contributed by atoms with Crippen LogP contribution in [0.15, 0.2) is 24.3 Å². The molecule has 0 aromatic heterocycles. The molecular formula is C15H21FN2O2S. The maximum atomic E-state index is 13.0. The summed E-state index contributed by atoms with van der Waals surface area (Å²) in [5.74, 6) is -0.675. The molecule has 116 valence electrons. The Morgan fingerprint density at radius 3 is 2.29 bits per heavy atom. The van der Waals surface area contributed by atoms with Gasteiger partial charge < -0.3 is 10.6 Å². The third-order valence-electron chi connectivity index (χ3n) is 2.65. The second-order valence-corrected chi connectivity index (χ2v) is 7.44. The molecule has 0 fully saturated rings. The number of carbonyl (C=O) groups excluding carboxylic acids is 2. The molecule has 21 heavy (non-hydrogen) atoms. The molecular weight excluding hydrogens is 291 g/mol. The Labute approximate surface area is 128 Å². The smallest absolute Gasteiger partial charge is 0.237 e. The first-order valence-corrected chi connectivity index (χ1v) is 7.66. The van der Waals surface area contributed by atoms with Crippen molar-refractivity contribution in [3.63, 3.8) is 0 Å². The third kappa shape index (κ3) is 6.62. The first kappa shape index (κ1) is 17.5. The molecule has 0 unspecified atom stereocenters. The summed E-state index contributed by atoms with van der Waals surface area (Å²) in [6, 6.07) is 5.62. The lowest BCUT2D eigenvalue weighted by Crippen LogP contribution is -2.36. The zero-order chi connectivity index (χ0) is 16.0. The van der Waals surface area contributed by atoms with E-state index in [0.29, 0.717) is 11.4 Å². The molecule has 1 aromatic rings. The Kier molecular flexibility index (Phi) is 6.20. The predicted octanol–water partition coefficient (Wildman–Crippen LogP) is 2.57. The van der Waals surface area contributed by atoms with Crippen LogP contribution in [-0.4, -0.2) is 28.9 Å². The summed E-state index contributed by atoms with van der Waals surface area (Å²) in [6.07, 6.45) is 0.0727. The van der Waals surface area contributed by atoms with Crippen molar-refractivity contribution in [2.24, 2.45) is 5.73 Å². The van der Waals surface area contributed by atoms with Gasteiger partial charge in [0.25, 0.3) is 0 Å². The highest BCUT2D eigenvalue weighted by atomic mass is 32.2. The van der Waals surface area contributed by atoms with E-state index in [-0.39, 0.29) is 29.4 Å². The van der Waals surface area contributed by atoms with Crippen LogP contribution in [0, 0.1) is 5.82 Å². The highest BCUT2D eigenvalue weighted by Gasteiger charge is 2.20. The number of primary amides is 1. The largest absolute Gasteiger partial charge is 0.370 e. The number of thioether (sulfide) groups is 1. The fourth-order valence-electron chi connectivity index (χ4n) is 1.60. The molecule has 1 rings (SSSR count). The molecule has 0 saturated carbocycles. The summed E-state index contributed by atoms with van der Waals surface area (Å²) in [7, 11) is 0. The summed E-state index contributed by atoms with van der Waals surface area (Å²) in [6.45, 7) is 6.27. The van der Waals surface area contributed by atoms with Crippen LogP contribution in [0.1, 0.15) is 27.2 Å². The van der Waals surface area contributed by atoms with E-state index in [1.165, 1.54) is 40.9 Å². The van der Waals surface area contributed by atoms with Crippen LogP contribution < -0.4 is 10.6 Å². The standard InChI is InChI=1S/C15H21FN2O2S/c1-15(2,3)21-10-14(20)18(9-8-13(17)19)12-6-4-11(16)5-7-12/h4-7H,8-10H2,1-3H3,(H2,17,19). The van der Waals surface area contributed by atoms with Gasteiger partial charge in [-0.1, -0.05) is 20.8 Å². The number of rotatable bonds is 6. The lowest BCUT2D eigenvalue weighted by Gasteiger charge is -2.24. The minimum Gasteiger partial charge on any atom is -0.370 e. The Hall–Kier alpha value is -1.56. The molecule has 6 heteroatoms. The van der Waals surface area contributed by atoms with Gasteiger partial charge in [0.05, 0.1) is 5.75 Å². The highest BCUT2D eigenvalue weighted by Crippen LogP contribution is 2.24. The summed E-state index contributed by atoms with van der Waals surface area (Å²) in [5, 5.41) is 0. The van der Waals surface area contributed by atoms with E-state index >= 15 is 0 Å². The van der Waals surface area contributed by atoms with Gasteiger partial charge in [-0.05, 0) is 24.3 Å². The normalized spacial score (nSPS) is 11.2. The third-order valence-corrected chi connectivity index (χ3v) is 3.91. The maximum Gasteiger partial charge on any atom is 0.237 e. The van der Waals surface area contributed by atoms with Crippen molar-refractivity contribution in [1.29, 1.82) is 0 Å². The monoisotopic (exact) mass is 312 g/mol. The molecule has 0 saturated heterocycles. The van der Waals surface area contributed by atoms with E-state index in [9.17, 15) is 14.0 Å². The van der Waals surface area contributed by atoms with Crippen LogP contribution in [-0.2, 0) is 9.59 Å². The van der Waals surface area contributed by atoms with Gasteiger partial charge in [0.15, 0.2) is 0 Å². The topological polar surface area (TPSA) is 63.4 Å². The molecule has 0 aliphatic heterocycles. The first-order valence-electron chi connectivity index (χ1n) is 6.67. The Balaban J connectivity index is 2.83. The molecule has 0 radical (unpaired) electrons. The number of carbonyl (C=O) groups is 2. The van der Waals surface area contributed by atoms with Crippen molar-refractivity contribution in [1.82, 2.24) is 0 Å². The number of anilines is 1. The van der Waals surface area contributed by atoms with Crippen LogP contribution in [0.2, 0.25) is 0 Å². The number of nitrogens with two attached hydrogens (primary N) is 1. The van der Waals surface area contributed by atoms with E-state index in [1.54, 1.807) is 0 Å². The zero-order valence-corrected chi connectivity index (χ0v) is 13.4. The fraction of sp³-hybridized carbons (Fsp3) is 0.467. The van der Waals surface area contributed by atoms with Crippen molar-refractivity contribution in [3.8, 4) is 0 Å². The molecule has 0 spiro atoms. The Bertz CT molecular complexity index is 497. The van der Waals surface area contributed by atoms with Crippen LogP contribution >= 0.6 is 11.8 Å². The van der Waals surface area contributed by atoms with Crippen LogP contribution in [0.4, 0.5) is 10.1 Å².